The Morgan fingerprint density at radius 3 is 2.30 bits per heavy atom. The van der Waals surface area contributed by atoms with Gasteiger partial charge in [-0.3, -0.25) is 10.1 Å². The maximum absolute atomic E-state index is 13.4. The molecule has 3 aromatic rings. The Balaban J connectivity index is 1.42. The normalized spacial score (nSPS) is 23.5. The smallest absolute Gasteiger partial charge is 0.250 e. The van der Waals surface area contributed by atoms with Gasteiger partial charge in [0, 0.05) is 11.4 Å². The van der Waals surface area contributed by atoms with E-state index in [9.17, 15) is 4.79 Å². The molecule has 0 spiro atoms. The van der Waals surface area contributed by atoms with E-state index < -0.39 is 0 Å². The lowest BCUT2D eigenvalue weighted by Crippen LogP contribution is -2.50. The van der Waals surface area contributed by atoms with Crippen molar-refractivity contribution in [2.45, 2.75) is 32.4 Å². The highest BCUT2D eigenvalue weighted by Gasteiger charge is 2.48. The van der Waals surface area contributed by atoms with Crippen molar-refractivity contribution in [3.8, 4) is 11.1 Å². The first-order valence-corrected chi connectivity index (χ1v) is 10.4. The second-order valence-electron chi connectivity index (χ2n) is 8.09. The minimum absolute atomic E-state index is 0.0225. The van der Waals surface area contributed by atoms with Crippen molar-refractivity contribution in [1.82, 2.24) is 20.7 Å². The third-order valence-electron chi connectivity index (χ3n) is 6.00. The van der Waals surface area contributed by atoms with Crippen LogP contribution in [0.25, 0.3) is 11.1 Å². The highest BCUT2D eigenvalue weighted by molar-refractivity contribution is 5.96. The lowest BCUT2D eigenvalue weighted by Gasteiger charge is -2.32. The summed E-state index contributed by atoms with van der Waals surface area (Å²) in [4.78, 5) is 22.3. The number of aryl methyl sites for hydroxylation is 2. The van der Waals surface area contributed by atoms with Crippen LogP contribution in [0.15, 0.2) is 60.7 Å². The number of fused-ring (bicyclic) bond motifs is 1. The fourth-order valence-corrected chi connectivity index (χ4v) is 4.62. The summed E-state index contributed by atoms with van der Waals surface area (Å²) in [6.07, 6.45) is 0.801. The second-order valence-corrected chi connectivity index (χ2v) is 8.09. The minimum atomic E-state index is -0.189. The molecule has 2 saturated heterocycles. The Morgan fingerprint density at radius 2 is 1.60 bits per heavy atom. The molecule has 2 fully saturated rings. The van der Waals surface area contributed by atoms with Gasteiger partial charge in [-0.2, -0.15) is 0 Å². The highest BCUT2D eigenvalue weighted by atomic mass is 16.2. The minimum Gasteiger partial charge on any atom is -0.300 e. The number of benzene rings is 2. The average molecular weight is 399 g/mol. The molecule has 0 saturated carbocycles. The molecule has 2 aliphatic rings. The highest BCUT2D eigenvalue weighted by Crippen LogP contribution is 2.38. The summed E-state index contributed by atoms with van der Waals surface area (Å²) in [6.45, 7) is 4.69. The number of anilines is 1. The first kappa shape index (κ1) is 18.9. The molecule has 2 N–H and O–H groups in total. The van der Waals surface area contributed by atoms with E-state index in [1.807, 2.05) is 38.1 Å². The van der Waals surface area contributed by atoms with Gasteiger partial charge in [-0.05, 0) is 55.5 Å². The van der Waals surface area contributed by atoms with E-state index >= 15 is 0 Å². The second kappa shape index (κ2) is 7.63. The first-order chi connectivity index (χ1) is 14.6. The predicted octanol–water partition coefficient (Wildman–Crippen LogP) is 3.33. The Bertz CT molecular complexity index is 1050. The summed E-state index contributed by atoms with van der Waals surface area (Å²) in [5.41, 5.74) is 8.58. The molecule has 1 aromatic heterocycles. The molecular weight excluding hydrogens is 374 g/mol. The van der Waals surface area contributed by atoms with Crippen molar-refractivity contribution in [1.29, 1.82) is 0 Å². The number of rotatable bonds is 3. The molecule has 0 bridgehead atoms. The number of hydrogen-bond acceptors (Lipinski definition) is 5. The molecular formula is C24H25N5O. The number of nitrogens with zero attached hydrogens (tertiary/aromatic N) is 3. The zero-order valence-electron chi connectivity index (χ0n) is 17.2. The van der Waals surface area contributed by atoms with Crippen LogP contribution in [-0.2, 0) is 4.79 Å². The molecule has 0 radical (unpaired) electrons. The van der Waals surface area contributed by atoms with Gasteiger partial charge in [0.2, 0.25) is 5.95 Å². The van der Waals surface area contributed by atoms with Crippen LogP contribution in [-0.4, -0.2) is 28.6 Å². The van der Waals surface area contributed by atoms with Crippen LogP contribution in [0.3, 0.4) is 0 Å². The quantitative estimate of drug-likeness (QED) is 0.707. The Morgan fingerprint density at radius 1 is 0.933 bits per heavy atom. The van der Waals surface area contributed by atoms with E-state index in [-0.39, 0.29) is 23.9 Å². The molecule has 0 aliphatic carbocycles. The Hall–Kier alpha value is -3.09. The number of hydrogen-bond donors (Lipinski definition) is 2. The number of amides is 1. The fraction of sp³-hybridized carbons (Fsp3) is 0.292. The van der Waals surface area contributed by atoms with Crippen LogP contribution in [0.4, 0.5) is 5.95 Å². The monoisotopic (exact) mass is 399 g/mol. The molecule has 3 heterocycles. The molecule has 3 unspecified atom stereocenters. The third-order valence-corrected chi connectivity index (χ3v) is 6.00. The number of carbonyl (C=O) groups is 1. The zero-order valence-corrected chi connectivity index (χ0v) is 17.2. The standard InChI is InChI=1S/C24H25N5O/c1-15-14-16(2)27-24(26-15)29-23(30)21-20(12-13-25-22(21)28-29)19-10-8-18(9-11-19)17-6-4-3-5-7-17/h3-11,14,20-22,25,28H,12-13H2,1-2H3. The van der Waals surface area contributed by atoms with Crippen LogP contribution >= 0.6 is 0 Å². The summed E-state index contributed by atoms with van der Waals surface area (Å²) in [7, 11) is 0. The van der Waals surface area contributed by atoms with E-state index in [1.54, 1.807) is 0 Å². The van der Waals surface area contributed by atoms with E-state index in [2.05, 4.69) is 57.1 Å². The summed E-state index contributed by atoms with van der Waals surface area (Å²) >= 11 is 0. The van der Waals surface area contributed by atoms with E-state index in [1.165, 1.54) is 21.7 Å². The SMILES string of the molecule is Cc1cc(C)nc(N2NC3NCCC(c4ccc(-c5ccccc5)cc4)C3C2=O)n1. The maximum Gasteiger partial charge on any atom is 0.250 e. The number of nitrogens with one attached hydrogen (secondary N) is 2. The lowest BCUT2D eigenvalue weighted by molar-refractivity contribution is -0.121. The summed E-state index contributed by atoms with van der Waals surface area (Å²) < 4.78 is 0. The van der Waals surface area contributed by atoms with E-state index in [0.717, 1.165) is 24.4 Å². The molecule has 1 amide bonds. The van der Waals surface area contributed by atoms with E-state index in [0.29, 0.717) is 5.95 Å². The van der Waals surface area contributed by atoms with Gasteiger partial charge >= 0.3 is 0 Å². The first-order valence-electron chi connectivity index (χ1n) is 10.4. The maximum atomic E-state index is 13.4. The van der Waals surface area contributed by atoms with Crippen molar-refractivity contribution in [3.63, 3.8) is 0 Å². The molecule has 2 aromatic carbocycles. The number of piperidine rings is 1. The van der Waals surface area contributed by atoms with Gasteiger partial charge < -0.3 is 0 Å². The average Bonchev–Trinajstić information content (AvgIpc) is 3.11. The van der Waals surface area contributed by atoms with Gasteiger partial charge in [0.15, 0.2) is 0 Å². The van der Waals surface area contributed by atoms with Gasteiger partial charge in [-0.25, -0.2) is 20.4 Å². The number of hydrazine groups is 1. The van der Waals surface area contributed by atoms with Crippen molar-refractivity contribution in [3.05, 3.63) is 77.6 Å². The van der Waals surface area contributed by atoms with Gasteiger partial charge in [0.25, 0.3) is 5.91 Å². The summed E-state index contributed by atoms with van der Waals surface area (Å²) in [5, 5.41) is 4.98. The van der Waals surface area contributed by atoms with Gasteiger partial charge in [0.1, 0.15) is 0 Å². The van der Waals surface area contributed by atoms with Crippen LogP contribution in [0, 0.1) is 19.8 Å². The third kappa shape index (κ3) is 3.38. The van der Waals surface area contributed by atoms with Crippen LogP contribution in [0.5, 0.6) is 0 Å². The van der Waals surface area contributed by atoms with Crippen molar-refractivity contribution in [2.75, 3.05) is 11.6 Å². The Labute approximate surface area is 176 Å². The summed E-state index contributed by atoms with van der Waals surface area (Å²) in [6, 6.07) is 20.9. The van der Waals surface area contributed by atoms with Crippen molar-refractivity contribution >= 4 is 11.9 Å². The number of aromatic nitrogens is 2. The molecule has 2 aliphatic heterocycles. The molecule has 152 valence electrons. The molecule has 6 nitrogen and oxygen atoms in total. The van der Waals surface area contributed by atoms with Crippen LogP contribution in [0.1, 0.15) is 29.3 Å². The van der Waals surface area contributed by atoms with Crippen LogP contribution in [0.2, 0.25) is 0 Å². The van der Waals surface area contributed by atoms with E-state index in [4.69, 9.17) is 0 Å². The zero-order chi connectivity index (χ0) is 20.7. The van der Waals surface area contributed by atoms with Crippen molar-refractivity contribution < 1.29 is 4.79 Å². The largest absolute Gasteiger partial charge is 0.300 e. The molecule has 30 heavy (non-hydrogen) atoms. The summed E-state index contributed by atoms with van der Waals surface area (Å²) in [5.74, 6) is 0.406. The van der Waals surface area contributed by atoms with Crippen LogP contribution < -0.4 is 15.8 Å². The fourth-order valence-electron chi connectivity index (χ4n) is 4.62. The lowest BCUT2D eigenvalue weighted by atomic mass is 9.79. The van der Waals surface area contributed by atoms with Gasteiger partial charge in [-0.15, -0.1) is 0 Å². The van der Waals surface area contributed by atoms with Gasteiger partial charge in [-0.1, -0.05) is 54.6 Å². The Kier molecular flexibility index (Phi) is 4.81. The van der Waals surface area contributed by atoms with Crippen molar-refractivity contribution in [2.24, 2.45) is 5.92 Å². The molecule has 6 heteroatoms. The molecule has 5 rings (SSSR count). The predicted molar refractivity (Wildman–Crippen MR) is 117 cm³/mol. The number of carbonyl (C=O) groups excluding carboxylic acids is 1. The van der Waals surface area contributed by atoms with Gasteiger partial charge in [0.05, 0.1) is 12.1 Å². The topological polar surface area (TPSA) is 70.2 Å². The molecule has 3 atom stereocenters.